The van der Waals surface area contributed by atoms with E-state index in [2.05, 4.69) is 91.8 Å². The van der Waals surface area contributed by atoms with E-state index in [4.69, 9.17) is 30.3 Å². The van der Waals surface area contributed by atoms with Crippen LogP contribution in [0, 0.1) is 22.7 Å². The number of halogens is 5. The molecule has 7 nitrogen and oxygen atoms in total. The zero-order chi connectivity index (χ0) is 32.0. The number of hydrogen-bond donors (Lipinski definition) is 2. The van der Waals surface area contributed by atoms with Crippen LogP contribution in [0.5, 0.6) is 0 Å². The summed E-state index contributed by atoms with van der Waals surface area (Å²) in [4.78, 5) is 27.1. The van der Waals surface area contributed by atoms with Gasteiger partial charge in [0, 0.05) is 22.4 Å². The van der Waals surface area contributed by atoms with Crippen LogP contribution < -0.4 is 0 Å². The highest BCUT2D eigenvalue weighted by Gasteiger charge is 2.22. The molecule has 0 unspecified atom stereocenters. The molecule has 216 valence electrons. The summed E-state index contributed by atoms with van der Waals surface area (Å²) in [5.74, 6) is -0.994. The summed E-state index contributed by atoms with van der Waals surface area (Å²) in [5.41, 5.74) is 1.66. The topological polar surface area (TPSA) is 139 Å². The summed E-state index contributed by atoms with van der Waals surface area (Å²) in [6.45, 7) is 7.39. The number of nitriles is 2. The van der Waals surface area contributed by atoms with Crippen LogP contribution in [0.15, 0.2) is 77.0 Å². The second-order valence-electron chi connectivity index (χ2n) is 9.18. The Morgan fingerprint density at radius 1 is 0.683 bits per heavy atom. The maximum atomic E-state index is 10.8. The van der Waals surface area contributed by atoms with Gasteiger partial charge in [0.2, 0.25) is 0 Å². The second-order valence-corrected chi connectivity index (χ2v) is 13.8. The number of carbonyl (C=O) groups excluding carboxylic acids is 2. The molecule has 0 aliphatic carbocycles. The molecule has 0 fully saturated rings. The Morgan fingerprint density at radius 2 is 1.00 bits per heavy atom. The van der Waals surface area contributed by atoms with Gasteiger partial charge in [-0.25, -0.2) is 4.79 Å². The first kappa shape index (κ1) is 38.9. The molecule has 0 radical (unpaired) electrons. The van der Waals surface area contributed by atoms with E-state index in [0.717, 1.165) is 29.0 Å². The van der Waals surface area contributed by atoms with Crippen LogP contribution in [-0.2, 0) is 27.0 Å². The zero-order valence-electron chi connectivity index (χ0n) is 22.3. The van der Waals surface area contributed by atoms with Crippen LogP contribution in [0.3, 0.4) is 0 Å². The maximum absolute atomic E-state index is 10.8. The molecule has 0 spiro atoms. The molecule has 0 amide bonds. The monoisotopic (exact) mass is 876 g/mol. The van der Waals surface area contributed by atoms with Crippen LogP contribution >= 0.6 is 79.6 Å². The molecule has 0 aliphatic rings. The van der Waals surface area contributed by atoms with Crippen LogP contribution in [0.1, 0.15) is 54.7 Å². The minimum Gasteiger partial charge on any atom is -0.478 e. The summed E-state index contributed by atoms with van der Waals surface area (Å²) in [7, 11) is 0. The Hall–Kier alpha value is -2.15. The van der Waals surface area contributed by atoms with Gasteiger partial charge in [-0.05, 0) is 99.0 Å². The molecule has 0 saturated carbocycles. The lowest BCUT2D eigenvalue weighted by Gasteiger charge is -2.16. The smallest absolute Gasteiger partial charge is 0.373 e. The number of carboxylic acid groups (broad SMARTS) is 1. The van der Waals surface area contributed by atoms with Gasteiger partial charge in [0.1, 0.15) is 0 Å². The van der Waals surface area contributed by atoms with Gasteiger partial charge in [-0.2, -0.15) is 20.1 Å². The Kier molecular flexibility index (Phi) is 17.4. The molecule has 0 heterocycles. The minimum atomic E-state index is -0.994. The fraction of sp³-hybridized carbons (Fsp3) is 0.241. The van der Waals surface area contributed by atoms with Crippen molar-refractivity contribution in [3.63, 3.8) is 0 Å². The molecule has 12 heteroatoms. The van der Waals surface area contributed by atoms with Gasteiger partial charge in [0.15, 0.2) is 0 Å². The third kappa shape index (κ3) is 14.5. The van der Waals surface area contributed by atoms with Gasteiger partial charge >= 0.3 is 12.1 Å². The molecule has 0 saturated heterocycles. The number of nitrogens with zero attached hydrogens (tertiary/aromatic N) is 2. The van der Waals surface area contributed by atoms with E-state index in [1.54, 1.807) is 19.9 Å². The third-order valence-electron chi connectivity index (χ3n) is 5.11. The number of benzene rings is 3. The molecule has 0 atom stereocenters. The average molecular weight is 881 g/mol. The van der Waals surface area contributed by atoms with Gasteiger partial charge < -0.3 is 10.2 Å². The first-order valence-electron chi connectivity index (χ1n) is 11.3. The molecule has 0 aromatic heterocycles. The largest absolute Gasteiger partial charge is 0.478 e. The maximum Gasteiger partial charge on any atom is 0.373 e. The lowest BCUT2D eigenvalue weighted by atomic mass is 9.85. The van der Waals surface area contributed by atoms with Crippen molar-refractivity contribution in [2.24, 2.45) is 0 Å². The van der Waals surface area contributed by atoms with E-state index >= 15 is 0 Å². The molecule has 2 N–H and O–H groups in total. The highest BCUT2D eigenvalue weighted by Crippen LogP contribution is 2.29. The summed E-state index contributed by atoms with van der Waals surface area (Å²) in [6, 6.07) is 20.8. The van der Waals surface area contributed by atoms with Crippen molar-refractivity contribution < 1.29 is 24.6 Å². The van der Waals surface area contributed by atoms with Crippen LogP contribution in [0.4, 0.5) is 0 Å². The summed E-state index contributed by atoms with van der Waals surface area (Å²) in [5, 5.41) is 35.5. The predicted molar refractivity (Wildman–Crippen MR) is 173 cm³/mol. The molecule has 3 aromatic rings. The molecule has 3 aromatic carbocycles. The minimum absolute atomic E-state index is 0.0814. The quantitative estimate of drug-likeness (QED) is 0.267. The molecule has 41 heavy (non-hydrogen) atoms. The summed E-state index contributed by atoms with van der Waals surface area (Å²) in [6.07, 6.45) is 0.250. The summed E-state index contributed by atoms with van der Waals surface area (Å²) < 4.78 is 4.60. The van der Waals surface area contributed by atoms with Crippen LogP contribution in [-0.4, -0.2) is 22.3 Å². The molecule has 0 bridgehead atoms. The van der Waals surface area contributed by atoms with Gasteiger partial charge in [-0.15, -0.1) is 0 Å². The first-order valence-corrected chi connectivity index (χ1v) is 15.3. The predicted octanol–water partition coefficient (Wildman–Crippen LogP) is 9.08. The molecule has 0 aliphatic heterocycles. The van der Waals surface area contributed by atoms with E-state index in [1.165, 1.54) is 12.1 Å². The fourth-order valence-corrected chi connectivity index (χ4v) is 6.00. The normalized spacial score (nSPS) is 10.0. The lowest BCUT2D eigenvalue weighted by Crippen LogP contribution is -2.14. The van der Waals surface area contributed by atoms with Crippen LogP contribution in [0.25, 0.3) is 0 Å². The number of aliphatic hydroxyl groups is 1. The van der Waals surface area contributed by atoms with Crippen molar-refractivity contribution in [1.29, 1.82) is 10.5 Å². The van der Waals surface area contributed by atoms with Crippen molar-refractivity contribution in [2.45, 2.75) is 45.1 Å². The number of aliphatic hydroxyl groups excluding tert-OH is 1. The number of rotatable bonds is 4. The van der Waals surface area contributed by atoms with E-state index in [0.29, 0.717) is 10.0 Å². The van der Waals surface area contributed by atoms with Crippen molar-refractivity contribution in [2.75, 3.05) is 0 Å². The van der Waals surface area contributed by atoms with Crippen molar-refractivity contribution in [1.82, 2.24) is 0 Å². The zero-order valence-corrected chi connectivity index (χ0v) is 30.2. The lowest BCUT2D eigenvalue weighted by molar-refractivity contribution is -0.191. The van der Waals surface area contributed by atoms with Crippen LogP contribution in [0.2, 0.25) is 0 Å². The van der Waals surface area contributed by atoms with E-state index in [-0.39, 0.29) is 18.3 Å². The Balaban J connectivity index is 0.000000567. The van der Waals surface area contributed by atoms with E-state index in [1.807, 2.05) is 50.2 Å². The van der Waals surface area contributed by atoms with E-state index in [9.17, 15) is 4.79 Å². The third-order valence-corrected chi connectivity index (χ3v) is 7.40. The molecular weight excluding hydrogens is 856 g/mol. The van der Waals surface area contributed by atoms with Gasteiger partial charge in [-0.3, -0.25) is 0 Å². The standard InChI is InChI=1S/C11H10BrNO2.C10H9Br2N.C7H6Br2O.CO2/c1-11(2,6-13)8-3-7(10(14)15)4-9(12)5-8;1-10(2,6-13)7-3-8(11)5-9(12)4-7;8-6-1-5(4-10)2-7(9)3-6;2-1-3/h3-5H,1-2H3,(H,14,15);3-5H,1-2H3;1-3,10H,4H2;. The highest BCUT2D eigenvalue weighted by atomic mass is 79.9. The second kappa shape index (κ2) is 18.4. The number of carbonyl (C=O) groups is 1. The fourth-order valence-electron chi connectivity index (χ4n) is 2.82. The number of carboxylic acids is 1. The number of hydrogen-bond acceptors (Lipinski definition) is 6. The van der Waals surface area contributed by atoms with E-state index < -0.39 is 16.8 Å². The Labute approximate surface area is 281 Å². The van der Waals surface area contributed by atoms with Crippen molar-refractivity contribution >= 4 is 91.8 Å². The SMILES string of the molecule is CC(C)(C#N)c1cc(Br)cc(Br)c1.CC(C)(C#N)c1cc(Br)cc(C(=O)O)c1.O=C=O.OCc1cc(Br)cc(Br)c1. The van der Waals surface area contributed by atoms with Gasteiger partial charge in [0.05, 0.1) is 35.1 Å². The first-order chi connectivity index (χ1) is 19.0. The molecular formula is C29H25Br5N2O5. The highest BCUT2D eigenvalue weighted by molar-refractivity contribution is 9.11. The van der Waals surface area contributed by atoms with Gasteiger partial charge in [-0.1, -0.05) is 79.6 Å². The Morgan fingerprint density at radius 3 is 1.32 bits per heavy atom. The summed E-state index contributed by atoms with van der Waals surface area (Å²) >= 11 is 16.6. The van der Waals surface area contributed by atoms with Crippen molar-refractivity contribution in [3.8, 4) is 12.1 Å². The number of aromatic carboxylic acids is 1. The molecule has 3 rings (SSSR count). The average Bonchev–Trinajstić information content (AvgIpc) is 2.88. The van der Waals surface area contributed by atoms with Gasteiger partial charge in [0.25, 0.3) is 0 Å². The Bertz CT molecular complexity index is 1430. The van der Waals surface area contributed by atoms with Crippen molar-refractivity contribution in [3.05, 3.63) is 99.2 Å².